The van der Waals surface area contributed by atoms with Crippen LogP contribution in [0, 0.1) is 5.92 Å². The molecule has 110 valence electrons. The number of benzene rings is 1. The van der Waals surface area contributed by atoms with E-state index in [4.69, 9.17) is 11.6 Å². The molecule has 1 saturated heterocycles. The first-order chi connectivity index (χ1) is 9.45. The van der Waals surface area contributed by atoms with Crippen LogP contribution in [0.2, 0.25) is 5.02 Å². The highest BCUT2D eigenvalue weighted by Gasteiger charge is 2.21. The van der Waals surface area contributed by atoms with Gasteiger partial charge < -0.3 is 9.80 Å². The topological polar surface area (TPSA) is 23.6 Å². The van der Waals surface area contributed by atoms with E-state index in [-0.39, 0.29) is 5.91 Å². The molecule has 0 aliphatic carbocycles. The van der Waals surface area contributed by atoms with Gasteiger partial charge in [0.15, 0.2) is 0 Å². The lowest BCUT2D eigenvalue weighted by atomic mass is 9.96. The van der Waals surface area contributed by atoms with Gasteiger partial charge in [-0.05, 0) is 57.1 Å². The molecule has 0 saturated carbocycles. The van der Waals surface area contributed by atoms with Crippen LogP contribution in [0.15, 0.2) is 22.7 Å². The Kier molecular flexibility index (Phi) is 5.47. The Morgan fingerprint density at radius 3 is 2.65 bits per heavy atom. The minimum Gasteiger partial charge on any atom is -0.341 e. The Morgan fingerprint density at radius 1 is 1.40 bits per heavy atom. The smallest absolute Gasteiger partial charge is 0.253 e. The highest BCUT2D eigenvalue weighted by Crippen LogP contribution is 2.22. The third kappa shape index (κ3) is 4.21. The lowest BCUT2D eigenvalue weighted by Gasteiger charge is -2.31. The molecule has 0 aromatic heterocycles. The number of hydrogen-bond acceptors (Lipinski definition) is 2. The zero-order valence-corrected chi connectivity index (χ0v) is 14.2. The Balaban J connectivity index is 1.98. The fourth-order valence-corrected chi connectivity index (χ4v) is 3.47. The van der Waals surface area contributed by atoms with E-state index in [1.165, 1.54) is 0 Å². The summed E-state index contributed by atoms with van der Waals surface area (Å²) in [5.74, 6) is 0.634. The number of hydrogen-bond donors (Lipinski definition) is 0. The Morgan fingerprint density at radius 2 is 2.05 bits per heavy atom. The second-order valence-electron chi connectivity index (χ2n) is 5.59. The molecule has 0 spiro atoms. The number of halogens is 2. The second kappa shape index (κ2) is 6.92. The molecule has 0 N–H and O–H groups in total. The largest absolute Gasteiger partial charge is 0.341 e. The van der Waals surface area contributed by atoms with Gasteiger partial charge >= 0.3 is 0 Å². The normalized spacial score (nSPS) is 17.2. The molecular formula is C15H20BrClN2O. The number of piperidine rings is 1. The van der Waals surface area contributed by atoms with Crippen molar-refractivity contribution >= 4 is 33.4 Å². The molecule has 1 aliphatic rings. The van der Waals surface area contributed by atoms with Gasteiger partial charge in [-0.15, -0.1) is 0 Å². The quantitative estimate of drug-likeness (QED) is 0.824. The van der Waals surface area contributed by atoms with Crippen LogP contribution in [0.4, 0.5) is 0 Å². The van der Waals surface area contributed by atoms with Gasteiger partial charge in [-0.3, -0.25) is 4.79 Å². The predicted octanol–water partition coefficient (Wildman–Crippen LogP) is 3.52. The lowest BCUT2D eigenvalue weighted by Crippen LogP contribution is -2.37. The zero-order chi connectivity index (χ0) is 14.7. The summed E-state index contributed by atoms with van der Waals surface area (Å²) in [7, 11) is 4.02. The van der Waals surface area contributed by atoms with Crippen molar-refractivity contribution in [3.63, 3.8) is 0 Å². The number of nitrogens with zero attached hydrogens (tertiary/aromatic N) is 2. The second-order valence-corrected chi connectivity index (χ2v) is 6.94. The first kappa shape index (κ1) is 15.8. The van der Waals surface area contributed by atoms with Gasteiger partial charge in [0.2, 0.25) is 0 Å². The van der Waals surface area contributed by atoms with E-state index in [9.17, 15) is 4.79 Å². The standard InChI is InChI=1S/C15H20BrClN2O/c1-18-5-3-11(4-6-18)10-19(2)15(20)12-7-13(16)9-14(17)8-12/h7-9,11H,3-6,10H2,1-2H3. The SMILES string of the molecule is CN1CCC(CN(C)C(=O)c2cc(Cl)cc(Br)c2)CC1. The maximum Gasteiger partial charge on any atom is 0.253 e. The monoisotopic (exact) mass is 358 g/mol. The number of rotatable bonds is 3. The van der Waals surface area contributed by atoms with Crippen LogP contribution in [-0.4, -0.2) is 49.4 Å². The number of carbonyl (C=O) groups is 1. The van der Waals surface area contributed by atoms with Crippen LogP contribution in [-0.2, 0) is 0 Å². The lowest BCUT2D eigenvalue weighted by molar-refractivity contribution is 0.0747. The van der Waals surface area contributed by atoms with Crippen LogP contribution >= 0.6 is 27.5 Å². The minimum absolute atomic E-state index is 0.0344. The minimum atomic E-state index is 0.0344. The van der Waals surface area contributed by atoms with E-state index in [0.717, 1.165) is 36.9 Å². The molecule has 1 amide bonds. The van der Waals surface area contributed by atoms with Crippen LogP contribution < -0.4 is 0 Å². The van der Waals surface area contributed by atoms with Crippen LogP contribution in [0.1, 0.15) is 23.2 Å². The van der Waals surface area contributed by atoms with Crippen molar-refractivity contribution in [1.82, 2.24) is 9.80 Å². The summed E-state index contributed by atoms with van der Waals surface area (Å²) in [6.07, 6.45) is 2.32. The molecule has 0 radical (unpaired) electrons. The molecule has 0 bridgehead atoms. The third-order valence-electron chi connectivity index (χ3n) is 3.83. The van der Waals surface area contributed by atoms with E-state index in [1.54, 1.807) is 12.1 Å². The Bertz CT molecular complexity index is 467. The van der Waals surface area contributed by atoms with E-state index in [2.05, 4.69) is 27.9 Å². The number of carbonyl (C=O) groups excluding carboxylic acids is 1. The summed E-state index contributed by atoms with van der Waals surface area (Å²) in [5.41, 5.74) is 0.639. The summed E-state index contributed by atoms with van der Waals surface area (Å²) in [6.45, 7) is 3.06. The van der Waals surface area contributed by atoms with Crippen LogP contribution in [0.25, 0.3) is 0 Å². The van der Waals surface area contributed by atoms with Gasteiger partial charge in [-0.1, -0.05) is 27.5 Å². The average molecular weight is 360 g/mol. The van der Waals surface area contributed by atoms with Gasteiger partial charge in [0.25, 0.3) is 5.91 Å². The fourth-order valence-electron chi connectivity index (χ4n) is 2.61. The molecule has 2 rings (SSSR count). The van der Waals surface area contributed by atoms with Crippen molar-refractivity contribution in [2.24, 2.45) is 5.92 Å². The molecule has 1 heterocycles. The van der Waals surface area contributed by atoms with E-state index in [0.29, 0.717) is 16.5 Å². The molecule has 1 aromatic carbocycles. The number of likely N-dealkylation sites (tertiary alicyclic amines) is 1. The first-order valence-corrected chi connectivity index (χ1v) is 8.03. The first-order valence-electron chi connectivity index (χ1n) is 6.86. The molecule has 1 aromatic rings. The fraction of sp³-hybridized carbons (Fsp3) is 0.533. The van der Waals surface area contributed by atoms with E-state index < -0.39 is 0 Å². The molecular weight excluding hydrogens is 340 g/mol. The zero-order valence-electron chi connectivity index (χ0n) is 11.9. The molecule has 1 fully saturated rings. The third-order valence-corrected chi connectivity index (χ3v) is 4.50. The average Bonchev–Trinajstić information content (AvgIpc) is 2.39. The van der Waals surface area contributed by atoms with Crippen molar-refractivity contribution in [2.75, 3.05) is 33.7 Å². The molecule has 5 heteroatoms. The Labute approximate surface area is 134 Å². The van der Waals surface area contributed by atoms with Gasteiger partial charge in [0, 0.05) is 28.7 Å². The van der Waals surface area contributed by atoms with Crippen molar-refractivity contribution < 1.29 is 4.79 Å². The van der Waals surface area contributed by atoms with Gasteiger partial charge in [0.05, 0.1) is 0 Å². The van der Waals surface area contributed by atoms with Crippen molar-refractivity contribution in [3.05, 3.63) is 33.3 Å². The van der Waals surface area contributed by atoms with Crippen molar-refractivity contribution in [1.29, 1.82) is 0 Å². The maximum atomic E-state index is 12.4. The highest BCUT2D eigenvalue weighted by molar-refractivity contribution is 9.10. The maximum absolute atomic E-state index is 12.4. The van der Waals surface area contributed by atoms with E-state index >= 15 is 0 Å². The van der Waals surface area contributed by atoms with Crippen LogP contribution in [0.3, 0.4) is 0 Å². The van der Waals surface area contributed by atoms with Crippen molar-refractivity contribution in [3.8, 4) is 0 Å². The molecule has 20 heavy (non-hydrogen) atoms. The molecule has 3 nitrogen and oxygen atoms in total. The Hall–Kier alpha value is -0.580. The van der Waals surface area contributed by atoms with E-state index in [1.807, 2.05) is 18.0 Å². The van der Waals surface area contributed by atoms with Crippen LogP contribution in [0.5, 0.6) is 0 Å². The summed E-state index contributed by atoms with van der Waals surface area (Å²) >= 11 is 9.38. The summed E-state index contributed by atoms with van der Waals surface area (Å²) in [6, 6.07) is 5.33. The molecule has 0 atom stereocenters. The van der Waals surface area contributed by atoms with Gasteiger partial charge in [0.1, 0.15) is 0 Å². The van der Waals surface area contributed by atoms with Gasteiger partial charge in [-0.25, -0.2) is 0 Å². The predicted molar refractivity (Wildman–Crippen MR) is 86.3 cm³/mol. The number of amides is 1. The summed E-state index contributed by atoms with van der Waals surface area (Å²) in [4.78, 5) is 16.6. The molecule has 1 aliphatic heterocycles. The summed E-state index contributed by atoms with van der Waals surface area (Å²) in [5, 5.41) is 0.579. The van der Waals surface area contributed by atoms with Gasteiger partial charge in [-0.2, -0.15) is 0 Å². The van der Waals surface area contributed by atoms with Crippen molar-refractivity contribution in [2.45, 2.75) is 12.8 Å². The summed E-state index contributed by atoms with van der Waals surface area (Å²) < 4.78 is 0.834. The highest BCUT2D eigenvalue weighted by atomic mass is 79.9. The molecule has 0 unspecified atom stereocenters.